The van der Waals surface area contributed by atoms with Gasteiger partial charge in [-0.3, -0.25) is 0 Å². The smallest absolute Gasteiger partial charge is 0.0939 e. The van der Waals surface area contributed by atoms with E-state index in [0.29, 0.717) is 5.92 Å². The minimum Gasteiger partial charge on any atom is -0.378 e. The van der Waals surface area contributed by atoms with E-state index < -0.39 is 0 Å². The molecule has 0 bridgehead atoms. The third kappa shape index (κ3) is 3.69. The second kappa shape index (κ2) is 7.02. The standard InChI is InChI=1S/C15H29NO3/c1-3-5-13(18-4-2)14(16)12-6-8-19-15(10-12)7-9-17-11-15/h12-14H,3-11,16H2,1-2H3. The summed E-state index contributed by atoms with van der Waals surface area (Å²) in [6.45, 7) is 7.36. The minimum atomic E-state index is -0.0521. The van der Waals surface area contributed by atoms with Crippen molar-refractivity contribution in [1.29, 1.82) is 0 Å². The van der Waals surface area contributed by atoms with Crippen LogP contribution < -0.4 is 5.73 Å². The molecule has 2 rings (SSSR count). The van der Waals surface area contributed by atoms with Gasteiger partial charge in [-0.15, -0.1) is 0 Å². The largest absolute Gasteiger partial charge is 0.378 e. The van der Waals surface area contributed by atoms with E-state index in [2.05, 4.69) is 6.92 Å². The highest BCUT2D eigenvalue weighted by Gasteiger charge is 2.43. The summed E-state index contributed by atoms with van der Waals surface area (Å²) >= 11 is 0. The van der Waals surface area contributed by atoms with Gasteiger partial charge in [-0.2, -0.15) is 0 Å². The Kier molecular flexibility index (Phi) is 5.63. The van der Waals surface area contributed by atoms with Crippen LogP contribution in [0.15, 0.2) is 0 Å². The van der Waals surface area contributed by atoms with Gasteiger partial charge in [0, 0.05) is 32.3 Å². The van der Waals surface area contributed by atoms with E-state index in [1.807, 2.05) is 6.92 Å². The van der Waals surface area contributed by atoms with Crippen molar-refractivity contribution in [3.63, 3.8) is 0 Å². The minimum absolute atomic E-state index is 0.0521. The molecule has 4 atom stereocenters. The lowest BCUT2D eigenvalue weighted by molar-refractivity contribution is -0.110. The van der Waals surface area contributed by atoms with E-state index in [0.717, 1.165) is 58.5 Å². The third-order valence-electron chi connectivity index (χ3n) is 4.53. The van der Waals surface area contributed by atoms with E-state index >= 15 is 0 Å². The van der Waals surface area contributed by atoms with Gasteiger partial charge in [0.15, 0.2) is 0 Å². The highest BCUT2D eigenvalue weighted by molar-refractivity contribution is 4.94. The van der Waals surface area contributed by atoms with Crippen LogP contribution in [0.2, 0.25) is 0 Å². The molecule has 0 aliphatic carbocycles. The summed E-state index contributed by atoms with van der Waals surface area (Å²) in [6.07, 6.45) is 5.46. The van der Waals surface area contributed by atoms with Gasteiger partial charge < -0.3 is 19.9 Å². The average molecular weight is 271 g/mol. The second-order valence-electron chi connectivity index (χ2n) is 5.95. The molecular formula is C15H29NO3. The van der Waals surface area contributed by atoms with Gasteiger partial charge in [0.2, 0.25) is 0 Å². The van der Waals surface area contributed by atoms with Gasteiger partial charge in [-0.1, -0.05) is 13.3 Å². The number of hydrogen-bond acceptors (Lipinski definition) is 4. The van der Waals surface area contributed by atoms with Gasteiger partial charge in [0.25, 0.3) is 0 Å². The molecule has 2 fully saturated rings. The lowest BCUT2D eigenvalue weighted by Crippen LogP contribution is -2.50. The molecule has 4 unspecified atom stereocenters. The molecule has 0 aromatic rings. The predicted molar refractivity (Wildman–Crippen MR) is 75.1 cm³/mol. The summed E-state index contributed by atoms with van der Waals surface area (Å²) in [6, 6.07) is 0.126. The molecule has 0 saturated carbocycles. The summed E-state index contributed by atoms with van der Waals surface area (Å²) < 4.78 is 17.4. The average Bonchev–Trinajstić information content (AvgIpc) is 2.86. The first-order valence-electron chi connectivity index (χ1n) is 7.79. The molecule has 19 heavy (non-hydrogen) atoms. The van der Waals surface area contributed by atoms with Crippen molar-refractivity contribution < 1.29 is 14.2 Å². The molecule has 2 aliphatic heterocycles. The van der Waals surface area contributed by atoms with E-state index in [-0.39, 0.29) is 17.7 Å². The van der Waals surface area contributed by atoms with Crippen LogP contribution in [0.4, 0.5) is 0 Å². The molecule has 0 aromatic heterocycles. The molecule has 0 radical (unpaired) electrons. The Morgan fingerprint density at radius 1 is 1.37 bits per heavy atom. The zero-order valence-corrected chi connectivity index (χ0v) is 12.4. The summed E-state index contributed by atoms with van der Waals surface area (Å²) in [4.78, 5) is 0. The molecule has 0 aromatic carbocycles. The Morgan fingerprint density at radius 3 is 2.84 bits per heavy atom. The molecule has 2 aliphatic rings. The number of hydrogen-bond donors (Lipinski definition) is 1. The Bertz CT molecular complexity index is 260. The summed E-state index contributed by atoms with van der Waals surface area (Å²) in [5, 5.41) is 0. The van der Waals surface area contributed by atoms with Gasteiger partial charge in [0.1, 0.15) is 0 Å². The van der Waals surface area contributed by atoms with Crippen molar-refractivity contribution in [3.05, 3.63) is 0 Å². The maximum absolute atomic E-state index is 6.49. The molecule has 112 valence electrons. The molecule has 2 saturated heterocycles. The Balaban J connectivity index is 1.94. The lowest BCUT2D eigenvalue weighted by Gasteiger charge is -2.41. The zero-order valence-electron chi connectivity index (χ0n) is 12.4. The summed E-state index contributed by atoms with van der Waals surface area (Å²) in [5.41, 5.74) is 6.44. The molecule has 2 N–H and O–H groups in total. The van der Waals surface area contributed by atoms with Crippen molar-refractivity contribution in [2.45, 2.75) is 63.7 Å². The topological polar surface area (TPSA) is 53.7 Å². The third-order valence-corrected chi connectivity index (χ3v) is 4.53. The highest BCUT2D eigenvalue weighted by atomic mass is 16.6. The van der Waals surface area contributed by atoms with Crippen molar-refractivity contribution in [1.82, 2.24) is 0 Å². The maximum atomic E-state index is 6.49. The number of ether oxygens (including phenoxy) is 3. The van der Waals surface area contributed by atoms with E-state index in [9.17, 15) is 0 Å². The van der Waals surface area contributed by atoms with E-state index in [4.69, 9.17) is 19.9 Å². The van der Waals surface area contributed by atoms with Crippen molar-refractivity contribution in [3.8, 4) is 0 Å². The van der Waals surface area contributed by atoms with Gasteiger partial charge in [-0.25, -0.2) is 0 Å². The SMILES string of the molecule is CCCC(OCC)C(N)C1CCOC2(CCOC2)C1. The van der Waals surface area contributed by atoms with Crippen LogP contribution in [0.3, 0.4) is 0 Å². The first-order chi connectivity index (χ1) is 9.21. The van der Waals surface area contributed by atoms with Gasteiger partial charge in [-0.05, 0) is 32.1 Å². The van der Waals surface area contributed by atoms with Crippen LogP contribution >= 0.6 is 0 Å². The normalized spacial score (nSPS) is 34.6. The van der Waals surface area contributed by atoms with Crippen LogP contribution in [0, 0.1) is 5.92 Å². The zero-order chi connectivity index (χ0) is 13.7. The Morgan fingerprint density at radius 2 is 2.21 bits per heavy atom. The van der Waals surface area contributed by atoms with E-state index in [1.165, 1.54) is 0 Å². The molecule has 4 heteroatoms. The van der Waals surface area contributed by atoms with Crippen molar-refractivity contribution >= 4 is 0 Å². The van der Waals surface area contributed by atoms with Crippen molar-refractivity contribution in [2.24, 2.45) is 11.7 Å². The molecular weight excluding hydrogens is 242 g/mol. The summed E-state index contributed by atoms with van der Waals surface area (Å²) in [5.74, 6) is 0.499. The molecule has 2 heterocycles. The van der Waals surface area contributed by atoms with Crippen LogP contribution in [-0.4, -0.2) is 44.2 Å². The number of nitrogens with two attached hydrogens (primary N) is 1. The predicted octanol–water partition coefficient (Wildman–Crippen LogP) is 2.10. The maximum Gasteiger partial charge on any atom is 0.0939 e. The monoisotopic (exact) mass is 271 g/mol. The quantitative estimate of drug-likeness (QED) is 0.804. The summed E-state index contributed by atoms with van der Waals surface area (Å²) in [7, 11) is 0. The second-order valence-corrected chi connectivity index (χ2v) is 5.95. The molecule has 1 spiro atoms. The Hall–Kier alpha value is -0.160. The lowest BCUT2D eigenvalue weighted by atomic mass is 9.79. The van der Waals surface area contributed by atoms with Crippen LogP contribution in [0.1, 0.15) is 46.0 Å². The first-order valence-corrected chi connectivity index (χ1v) is 7.79. The van der Waals surface area contributed by atoms with Crippen molar-refractivity contribution in [2.75, 3.05) is 26.4 Å². The first kappa shape index (κ1) is 15.2. The highest BCUT2D eigenvalue weighted by Crippen LogP contribution is 2.37. The molecule has 0 amide bonds. The number of rotatable bonds is 6. The fourth-order valence-corrected chi connectivity index (χ4v) is 3.45. The van der Waals surface area contributed by atoms with E-state index in [1.54, 1.807) is 0 Å². The van der Waals surface area contributed by atoms with Gasteiger partial charge in [0.05, 0.1) is 18.3 Å². The Labute approximate surface area is 117 Å². The fourth-order valence-electron chi connectivity index (χ4n) is 3.45. The molecule has 4 nitrogen and oxygen atoms in total. The fraction of sp³-hybridized carbons (Fsp3) is 1.00. The van der Waals surface area contributed by atoms with Gasteiger partial charge >= 0.3 is 0 Å². The van der Waals surface area contributed by atoms with Crippen LogP contribution in [0.5, 0.6) is 0 Å². The van der Waals surface area contributed by atoms with Crippen LogP contribution in [-0.2, 0) is 14.2 Å². The van der Waals surface area contributed by atoms with Crippen LogP contribution in [0.25, 0.3) is 0 Å².